The molecule has 0 amide bonds. The molecule has 5 nitrogen and oxygen atoms in total. The molecule has 0 aliphatic carbocycles. The average molecular weight is 246 g/mol. The van der Waals surface area contributed by atoms with Crippen LogP contribution >= 0.6 is 0 Å². The summed E-state index contributed by atoms with van der Waals surface area (Å²) in [6, 6.07) is 0. The van der Waals surface area contributed by atoms with Crippen LogP contribution in [0, 0.1) is 5.92 Å². The Kier molecular flexibility index (Phi) is 3.75. The number of ether oxygens (including phenoxy) is 4. The lowest BCUT2D eigenvalue weighted by atomic mass is 9.99. The Labute approximate surface area is 102 Å². The second-order valence-corrected chi connectivity index (χ2v) is 5.35. The highest BCUT2D eigenvalue weighted by Gasteiger charge is 2.45. The van der Waals surface area contributed by atoms with Gasteiger partial charge in [-0.1, -0.05) is 6.92 Å². The van der Waals surface area contributed by atoms with E-state index in [2.05, 4.69) is 6.92 Å². The normalized spacial score (nSPS) is 42.9. The average Bonchev–Trinajstić information content (AvgIpc) is 2.68. The van der Waals surface area contributed by atoms with E-state index < -0.39 is 12.1 Å². The fraction of sp³-hybridized carbons (Fsp3) is 1.00. The van der Waals surface area contributed by atoms with Gasteiger partial charge in [-0.05, 0) is 26.7 Å². The second kappa shape index (κ2) is 4.82. The zero-order chi connectivity index (χ0) is 12.6. The molecular weight excluding hydrogens is 224 g/mol. The number of hydrogen-bond acceptors (Lipinski definition) is 5. The minimum Gasteiger partial charge on any atom is -0.368 e. The lowest BCUT2D eigenvalue weighted by Gasteiger charge is -2.23. The second-order valence-electron chi connectivity index (χ2n) is 5.35. The molecule has 0 bridgehead atoms. The zero-order valence-corrected chi connectivity index (χ0v) is 10.9. The Morgan fingerprint density at radius 2 is 2.12 bits per heavy atom. The summed E-state index contributed by atoms with van der Waals surface area (Å²) in [6.07, 6.45) is -0.455. The number of aliphatic hydroxyl groups excluding tert-OH is 1. The van der Waals surface area contributed by atoms with E-state index in [0.717, 1.165) is 6.42 Å². The maximum Gasteiger partial charge on any atom is 0.163 e. The van der Waals surface area contributed by atoms with Crippen molar-refractivity contribution in [3.05, 3.63) is 0 Å². The Balaban J connectivity index is 1.90. The third kappa shape index (κ3) is 3.17. The highest BCUT2D eigenvalue weighted by molar-refractivity contribution is 4.86. The van der Waals surface area contributed by atoms with Crippen LogP contribution in [0.3, 0.4) is 0 Å². The van der Waals surface area contributed by atoms with Crippen LogP contribution in [0.1, 0.15) is 34.1 Å². The van der Waals surface area contributed by atoms with Gasteiger partial charge in [-0.15, -0.1) is 0 Å². The summed E-state index contributed by atoms with van der Waals surface area (Å²) in [5, 5.41) is 9.18. The molecule has 0 saturated carbocycles. The van der Waals surface area contributed by atoms with Gasteiger partial charge in [0.15, 0.2) is 18.4 Å². The Morgan fingerprint density at radius 3 is 2.65 bits per heavy atom. The molecule has 0 aromatic carbocycles. The summed E-state index contributed by atoms with van der Waals surface area (Å²) in [5.74, 6) is -0.196. The molecule has 100 valence electrons. The molecule has 2 aliphatic rings. The Bertz CT molecular complexity index is 266. The summed E-state index contributed by atoms with van der Waals surface area (Å²) in [4.78, 5) is 0. The molecule has 2 saturated heterocycles. The molecule has 1 N–H and O–H groups in total. The molecule has 2 aliphatic heterocycles. The molecule has 2 heterocycles. The van der Waals surface area contributed by atoms with Gasteiger partial charge in [0, 0.05) is 6.42 Å². The fourth-order valence-corrected chi connectivity index (χ4v) is 2.44. The van der Waals surface area contributed by atoms with Crippen molar-refractivity contribution in [1.29, 1.82) is 0 Å². The first-order valence-electron chi connectivity index (χ1n) is 6.18. The van der Waals surface area contributed by atoms with Crippen molar-refractivity contribution >= 4 is 0 Å². The van der Waals surface area contributed by atoms with Crippen molar-refractivity contribution in [3.8, 4) is 0 Å². The van der Waals surface area contributed by atoms with Crippen LogP contribution in [0.5, 0.6) is 0 Å². The molecule has 2 rings (SSSR count). The maximum absolute atomic E-state index is 9.18. The molecule has 0 aromatic rings. The van der Waals surface area contributed by atoms with Gasteiger partial charge in [0.2, 0.25) is 0 Å². The third-order valence-electron chi connectivity index (χ3n) is 3.18. The van der Waals surface area contributed by atoms with E-state index in [1.54, 1.807) is 6.92 Å². The first-order chi connectivity index (χ1) is 7.87. The number of rotatable bonds is 3. The minimum atomic E-state index is -0.803. The summed E-state index contributed by atoms with van der Waals surface area (Å²) in [5.41, 5.74) is 0. The lowest BCUT2D eigenvalue weighted by Crippen LogP contribution is -2.34. The molecule has 17 heavy (non-hydrogen) atoms. The van der Waals surface area contributed by atoms with E-state index in [9.17, 15) is 5.11 Å². The van der Waals surface area contributed by atoms with Gasteiger partial charge in [0.25, 0.3) is 0 Å². The molecule has 0 spiro atoms. The molecule has 0 aromatic heterocycles. The topological polar surface area (TPSA) is 57.2 Å². The Morgan fingerprint density at radius 1 is 1.41 bits per heavy atom. The summed E-state index contributed by atoms with van der Waals surface area (Å²) >= 11 is 0. The predicted molar refractivity (Wildman–Crippen MR) is 60.1 cm³/mol. The van der Waals surface area contributed by atoms with E-state index in [1.807, 2.05) is 13.8 Å². The molecule has 0 radical (unpaired) electrons. The largest absolute Gasteiger partial charge is 0.368 e. The molecule has 2 fully saturated rings. The molecular formula is C12H22O5. The molecule has 3 unspecified atom stereocenters. The SMILES string of the molecule is CC(O)O[C@@H]1CC(C)C([C@H]2COC(C)(C)O2)O1. The van der Waals surface area contributed by atoms with Crippen LogP contribution in [0.15, 0.2) is 0 Å². The Hall–Kier alpha value is -0.200. The monoisotopic (exact) mass is 246 g/mol. The smallest absolute Gasteiger partial charge is 0.163 e. The van der Waals surface area contributed by atoms with E-state index in [0.29, 0.717) is 12.5 Å². The van der Waals surface area contributed by atoms with Crippen LogP contribution < -0.4 is 0 Å². The van der Waals surface area contributed by atoms with Crippen molar-refractivity contribution in [2.75, 3.05) is 6.61 Å². The van der Waals surface area contributed by atoms with Crippen molar-refractivity contribution < 1.29 is 24.1 Å². The minimum absolute atomic E-state index is 0.0273. The highest BCUT2D eigenvalue weighted by Crippen LogP contribution is 2.35. The van der Waals surface area contributed by atoms with Crippen LogP contribution in [0.4, 0.5) is 0 Å². The van der Waals surface area contributed by atoms with Crippen LogP contribution in [-0.4, -0.2) is 42.3 Å². The van der Waals surface area contributed by atoms with Crippen molar-refractivity contribution in [2.45, 2.75) is 64.7 Å². The van der Waals surface area contributed by atoms with Crippen molar-refractivity contribution in [2.24, 2.45) is 5.92 Å². The van der Waals surface area contributed by atoms with Gasteiger partial charge in [0.1, 0.15) is 6.10 Å². The predicted octanol–water partition coefficient (Wildman–Crippen LogP) is 1.24. The summed E-state index contributed by atoms with van der Waals surface area (Å²) in [7, 11) is 0. The first kappa shape index (κ1) is 13.2. The van der Waals surface area contributed by atoms with Crippen molar-refractivity contribution in [1.82, 2.24) is 0 Å². The molecule has 5 heteroatoms. The zero-order valence-electron chi connectivity index (χ0n) is 10.9. The van der Waals surface area contributed by atoms with Gasteiger partial charge in [0.05, 0.1) is 12.7 Å². The third-order valence-corrected chi connectivity index (χ3v) is 3.18. The molecule has 5 atom stereocenters. The van der Waals surface area contributed by atoms with Gasteiger partial charge in [-0.3, -0.25) is 0 Å². The van der Waals surface area contributed by atoms with Gasteiger partial charge >= 0.3 is 0 Å². The quantitative estimate of drug-likeness (QED) is 0.759. The van der Waals surface area contributed by atoms with Crippen molar-refractivity contribution in [3.63, 3.8) is 0 Å². The van der Waals surface area contributed by atoms with E-state index in [-0.39, 0.29) is 18.5 Å². The van der Waals surface area contributed by atoms with Crippen LogP contribution in [0.25, 0.3) is 0 Å². The highest BCUT2D eigenvalue weighted by atomic mass is 16.8. The van der Waals surface area contributed by atoms with Crippen LogP contribution in [0.2, 0.25) is 0 Å². The standard InChI is InChI=1S/C12H22O5/c1-7-5-10(15-8(2)13)16-11(7)9-6-14-12(3,4)17-9/h7-11,13H,5-6H2,1-4H3/t7?,8?,9-,10+,11?/m1/s1. The van der Waals surface area contributed by atoms with E-state index in [1.165, 1.54) is 0 Å². The lowest BCUT2D eigenvalue weighted by molar-refractivity contribution is -0.228. The van der Waals surface area contributed by atoms with Gasteiger partial charge in [-0.2, -0.15) is 0 Å². The van der Waals surface area contributed by atoms with Gasteiger partial charge in [-0.25, -0.2) is 0 Å². The number of hydrogen-bond donors (Lipinski definition) is 1. The first-order valence-corrected chi connectivity index (χ1v) is 6.18. The summed E-state index contributed by atoms with van der Waals surface area (Å²) < 4.78 is 22.4. The van der Waals surface area contributed by atoms with Gasteiger partial charge < -0.3 is 24.1 Å². The van der Waals surface area contributed by atoms with Crippen LogP contribution in [-0.2, 0) is 18.9 Å². The van der Waals surface area contributed by atoms with E-state index >= 15 is 0 Å². The number of aliphatic hydroxyl groups is 1. The summed E-state index contributed by atoms with van der Waals surface area (Å²) in [6.45, 7) is 8.03. The maximum atomic E-state index is 9.18. The van der Waals surface area contributed by atoms with E-state index in [4.69, 9.17) is 18.9 Å². The fourth-order valence-electron chi connectivity index (χ4n) is 2.44.